The Balaban J connectivity index is 1.97. The first-order valence-corrected chi connectivity index (χ1v) is 10.6. The fourth-order valence-corrected chi connectivity index (χ4v) is 4.31. The van der Waals surface area contributed by atoms with Crippen LogP contribution in [-0.4, -0.2) is 31.2 Å². The van der Waals surface area contributed by atoms with Gasteiger partial charge in [-0.2, -0.15) is 5.10 Å². The SMILES string of the molecule is Cc1ccc(S(=O)(=O)N(C)c2c(C(=O)Nc3cc(Cl)ccc3Cl)cnn2C)cc1. The first kappa shape index (κ1) is 21.2. The van der Waals surface area contributed by atoms with Crippen molar-refractivity contribution in [1.82, 2.24) is 9.78 Å². The van der Waals surface area contributed by atoms with Crippen LogP contribution in [0.2, 0.25) is 10.0 Å². The summed E-state index contributed by atoms with van der Waals surface area (Å²) in [6.45, 7) is 1.87. The summed E-state index contributed by atoms with van der Waals surface area (Å²) in [6, 6.07) is 11.1. The van der Waals surface area contributed by atoms with Crippen LogP contribution >= 0.6 is 23.2 Å². The highest BCUT2D eigenvalue weighted by molar-refractivity contribution is 7.92. The number of nitrogens with zero attached hydrogens (tertiary/aromatic N) is 3. The summed E-state index contributed by atoms with van der Waals surface area (Å²) in [7, 11) is -0.974. The minimum absolute atomic E-state index is 0.0710. The van der Waals surface area contributed by atoms with Crippen LogP contribution in [0.3, 0.4) is 0 Å². The molecule has 1 heterocycles. The lowest BCUT2D eigenvalue weighted by Crippen LogP contribution is -2.30. The fraction of sp³-hybridized carbons (Fsp3) is 0.158. The maximum absolute atomic E-state index is 13.0. The number of amides is 1. The molecule has 0 atom stereocenters. The summed E-state index contributed by atoms with van der Waals surface area (Å²) in [5.41, 5.74) is 1.32. The van der Waals surface area contributed by atoms with Crippen LogP contribution in [0.5, 0.6) is 0 Å². The molecule has 0 bridgehead atoms. The molecule has 1 aromatic heterocycles. The summed E-state index contributed by atoms with van der Waals surface area (Å²) >= 11 is 12.1. The zero-order valence-corrected chi connectivity index (χ0v) is 18.2. The average Bonchev–Trinajstić information content (AvgIpc) is 3.05. The number of aromatic nitrogens is 2. The van der Waals surface area contributed by atoms with Gasteiger partial charge in [0.1, 0.15) is 5.56 Å². The third-order valence-electron chi connectivity index (χ3n) is 4.31. The van der Waals surface area contributed by atoms with Crippen LogP contribution in [-0.2, 0) is 17.1 Å². The van der Waals surface area contributed by atoms with Gasteiger partial charge in [0.15, 0.2) is 5.82 Å². The molecule has 10 heteroatoms. The summed E-state index contributed by atoms with van der Waals surface area (Å²) in [5, 5.41) is 7.39. The van der Waals surface area contributed by atoms with Crippen LogP contribution in [0.4, 0.5) is 11.5 Å². The summed E-state index contributed by atoms with van der Waals surface area (Å²) < 4.78 is 28.4. The van der Waals surface area contributed by atoms with Gasteiger partial charge in [-0.25, -0.2) is 8.42 Å². The first-order chi connectivity index (χ1) is 13.6. The van der Waals surface area contributed by atoms with E-state index in [1.165, 1.54) is 36.1 Å². The largest absolute Gasteiger partial charge is 0.320 e. The Bertz CT molecular complexity index is 1170. The van der Waals surface area contributed by atoms with Gasteiger partial charge in [-0.1, -0.05) is 40.9 Å². The normalized spacial score (nSPS) is 11.3. The van der Waals surface area contributed by atoms with E-state index in [9.17, 15) is 13.2 Å². The van der Waals surface area contributed by atoms with Crippen LogP contribution in [0.15, 0.2) is 53.6 Å². The van der Waals surface area contributed by atoms with Crippen molar-refractivity contribution in [2.24, 2.45) is 7.05 Å². The van der Waals surface area contributed by atoms with E-state index >= 15 is 0 Å². The third kappa shape index (κ3) is 4.24. The van der Waals surface area contributed by atoms with E-state index in [4.69, 9.17) is 23.2 Å². The maximum atomic E-state index is 13.0. The van der Waals surface area contributed by atoms with E-state index in [1.54, 1.807) is 31.3 Å². The van der Waals surface area contributed by atoms with Gasteiger partial charge in [-0.3, -0.25) is 13.8 Å². The van der Waals surface area contributed by atoms with Crippen molar-refractivity contribution in [2.75, 3.05) is 16.7 Å². The lowest BCUT2D eigenvalue weighted by Gasteiger charge is -2.21. The molecule has 1 amide bonds. The lowest BCUT2D eigenvalue weighted by molar-refractivity contribution is 0.102. The third-order valence-corrected chi connectivity index (χ3v) is 6.63. The van der Waals surface area contributed by atoms with Crippen molar-refractivity contribution in [3.63, 3.8) is 0 Å². The average molecular weight is 453 g/mol. The van der Waals surface area contributed by atoms with Gasteiger partial charge >= 0.3 is 0 Å². The van der Waals surface area contributed by atoms with Crippen molar-refractivity contribution in [2.45, 2.75) is 11.8 Å². The van der Waals surface area contributed by atoms with E-state index in [1.807, 2.05) is 6.92 Å². The molecule has 3 rings (SSSR count). The van der Waals surface area contributed by atoms with Crippen LogP contribution in [0, 0.1) is 6.92 Å². The molecule has 152 valence electrons. The second-order valence-corrected chi connectivity index (χ2v) is 9.18. The molecule has 0 aliphatic rings. The smallest absolute Gasteiger partial charge is 0.265 e. The molecule has 0 saturated heterocycles. The Morgan fingerprint density at radius 1 is 1.14 bits per heavy atom. The summed E-state index contributed by atoms with van der Waals surface area (Å²) in [4.78, 5) is 12.9. The number of halogens is 2. The number of carbonyl (C=O) groups excluding carboxylic acids is 1. The van der Waals surface area contributed by atoms with Gasteiger partial charge < -0.3 is 5.32 Å². The number of aryl methyl sites for hydroxylation is 2. The Labute approximate surface area is 178 Å². The predicted molar refractivity (Wildman–Crippen MR) is 114 cm³/mol. The van der Waals surface area contributed by atoms with Crippen molar-refractivity contribution < 1.29 is 13.2 Å². The minimum atomic E-state index is -3.90. The van der Waals surface area contributed by atoms with Crippen molar-refractivity contribution in [1.29, 1.82) is 0 Å². The maximum Gasteiger partial charge on any atom is 0.265 e. The molecule has 0 saturated carbocycles. The Morgan fingerprint density at radius 3 is 2.45 bits per heavy atom. The predicted octanol–water partition coefficient (Wildman–Crippen LogP) is 4.11. The molecule has 0 fully saturated rings. The molecule has 0 aliphatic carbocycles. The quantitative estimate of drug-likeness (QED) is 0.630. The first-order valence-electron chi connectivity index (χ1n) is 8.45. The number of hydrogen-bond donors (Lipinski definition) is 1. The Hall–Kier alpha value is -2.55. The summed E-state index contributed by atoms with van der Waals surface area (Å²) in [6.07, 6.45) is 1.30. The summed E-state index contributed by atoms with van der Waals surface area (Å²) in [5.74, 6) is -0.454. The van der Waals surface area contributed by atoms with Crippen molar-refractivity contribution in [3.05, 3.63) is 69.8 Å². The van der Waals surface area contributed by atoms with E-state index in [0.717, 1.165) is 9.87 Å². The number of rotatable bonds is 5. The van der Waals surface area contributed by atoms with E-state index in [2.05, 4.69) is 10.4 Å². The number of anilines is 2. The molecular formula is C19H18Cl2N4O3S. The zero-order valence-electron chi connectivity index (χ0n) is 15.8. The Morgan fingerprint density at radius 2 is 1.79 bits per heavy atom. The van der Waals surface area contributed by atoms with E-state index in [0.29, 0.717) is 15.7 Å². The molecule has 2 aromatic carbocycles. The highest BCUT2D eigenvalue weighted by Crippen LogP contribution is 2.29. The van der Waals surface area contributed by atoms with Gasteiger partial charge in [0.2, 0.25) is 0 Å². The molecule has 0 radical (unpaired) electrons. The molecule has 0 unspecified atom stereocenters. The van der Waals surface area contributed by atoms with E-state index in [-0.39, 0.29) is 16.3 Å². The van der Waals surface area contributed by atoms with Crippen LogP contribution in [0.1, 0.15) is 15.9 Å². The standard InChI is InChI=1S/C19H18Cl2N4O3S/c1-12-4-7-14(8-5-12)29(27,28)25(3)19-15(11-22-24(19)2)18(26)23-17-10-13(20)6-9-16(17)21/h4-11H,1-3H3,(H,23,26). The number of benzene rings is 2. The van der Waals surface area contributed by atoms with Gasteiger partial charge in [0, 0.05) is 19.1 Å². The molecule has 0 aliphatic heterocycles. The monoisotopic (exact) mass is 452 g/mol. The molecule has 7 nitrogen and oxygen atoms in total. The van der Waals surface area contributed by atoms with E-state index < -0.39 is 15.9 Å². The number of sulfonamides is 1. The number of carbonyl (C=O) groups is 1. The number of nitrogens with one attached hydrogen (secondary N) is 1. The van der Waals surface area contributed by atoms with Gasteiger partial charge in [0.05, 0.1) is 21.8 Å². The molecule has 29 heavy (non-hydrogen) atoms. The van der Waals surface area contributed by atoms with Gasteiger partial charge in [-0.05, 0) is 37.3 Å². The Kier molecular flexibility index (Phi) is 5.88. The van der Waals surface area contributed by atoms with Crippen LogP contribution in [0.25, 0.3) is 0 Å². The molecule has 3 aromatic rings. The number of hydrogen-bond acceptors (Lipinski definition) is 4. The zero-order chi connectivity index (χ0) is 21.3. The van der Waals surface area contributed by atoms with Crippen LogP contribution < -0.4 is 9.62 Å². The van der Waals surface area contributed by atoms with Crippen molar-refractivity contribution in [3.8, 4) is 0 Å². The highest BCUT2D eigenvalue weighted by Gasteiger charge is 2.28. The second kappa shape index (κ2) is 8.06. The topological polar surface area (TPSA) is 84.3 Å². The second-order valence-electron chi connectivity index (χ2n) is 6.37. The molecular weight excluding hydrogens is 435 g/mol. The van der Waals surface area contributed by atoms with Crippen molar-refractivity contribution >= 4 is 50.6 Å². The highest BCUT2D eigenvalue weighted by atomic mass is 35.5. The fourth-order valence-electron chi connectivity index (χ4n) is 2.73. The van der Waals surface area contributed by atoms with Gasteiger partial charge in [0.25, 0.3) is 15.9 Å². The lowest BCUT2D eigenvalue weighted by atomic mass is 10.2. The molecule has 0 spiro atoms. The van der Waals surface area contributed by atoms with Gasteiger partial charge in [-0.15, -0.1) is 0 Å². The molecule has 1 N–H and O–H groups in total. The minimum Gasteiger partial charge on any atom is -0.320 e.